The van der Waals surface area contributed by atoms with Crippen molar-refractivity contribution in [2.45, 2.75) is 99.5 Å². The van der Waals surface area contributed by atoms with E-state index in [4.69, 9.17) is 24.7 Å². The molecule has 378 valence electrons. The van der Waals surface area contributed by atoms with Crippen molar-refractivity contribution in [3.8, 4) is 5.75 Å². The first-order chi connectivity index (χ1) is 34.6. The number of amides is 1. The number of ether oxygens (including phenoxy) is 4. The molecule has 5 aliphatic heterocycles. The van der Waals surface area contributed by atoms with Gasteiger partial charge in [-0.1, -0.05) is 56.3 Å². The van der Waals surface area contributed by atoms with Gasteiger partial charge in [-0.25, -0.2) is 4.79 Å². The number of piperidine rings is 1. The summed E-state index contributed by atoms with van der Waals surface area (Å²) < 4.78 is 24.3. The molecule has 5 aromatic rings. The highest BCUT2D eigenvalue weighted by Gasteiger charge is 2.80. The van der Waals surface area contributed by atoms with Gasteiger partial charge in [0.15, 0.2) is 6.10 Å². The molecule has 4 aromatic carbocycles. The number of esters is 3. The first-order valence-electron chi connectivity index (χ1n) is 25.5. The molecule has 6 heterocycles. The summed E-state index contributed by atoms with van der Waals surface area (Å²) >= 11 is 0. The van der Waals surface area contributed by atoms with Crippen molar-refractivity contribution in [1.29, 1.82) is 0 Å². The van der Waals surface area contributed by atoms with E-state index in [2.05, 4.69) is 51.3 Å². The van der Waals surface area contributed by atoms with Gasteiger partial charge in [-0.3, -0.25) is 19.3 Å². The Bertz CT molecular complexity index is 3100. The van der Waals surface area contributed by atoms with E-state index in [1.54, 1.807) is 7.11 Å². The largest absolute Gasteiger partial charge is 0.496 e. The van der Waals surface area contributed by atoms with E-state index < -0.39 is 57.4 Å². The number of nitrogens with zero attached hydrogens (tertiary/aromatic N) is 3. The minimum absolute atomic E-state index is 0.150. The second-order valence-corrected chi connectivity index (χ2v) is 21.5. The molecule has 3 fully saturated rings. The van der Waals surface area contributed by atoms with E-state index in [1.165, 1.54) is 21.1 Å². The number of aromatic nitrogens is 1. The van der Waals surface area contributed by atoms with Gasteiger partial charge in [-0.15, -0.1) is 0 Å². The molecule has 15 nitrogen and oxygen atoms in total. The molecule has 11 rings (SSSR count). The maximum Gasteiger partial charge on any atom is 0.344 e. The number of fused-ring (bicyclic) bond motifs is 7. The molecule has 6 aliphatic rings. The van der Waals surface area contributed by atoms with Crippen LogP contribution < -0.4 is 20.7 Å². The van der Waals surface area contributed by atoms with Crippen LogP contribution in [0.5, 0.6) is 5.75 Å². The third kappa shape index (κ3) is 6.58. The number of nitrogens with one attached hydrogen (secondary N) is 2. The number of para-hydroxylation sites is 1. The van der Waals surface area contributed by atoms with Crippen LogP contribution in [0.4, 0.5) is 11.4 Å². The number of nitrogen functional groups attached to an aromatic ring is 1. The second kappa shape index (κ2) is 17.1. The van der Waals surface area contributed by atoms with Gasteiger partial charge in [0.25, 0.3) is 5.91 Å². The number of hydrogen-bond acceptors (Lipinski definition) is 13. The quantitative estimate of drug-likeness (QED) is 0.0570. The Kier molecular flexibility index (Phi) is 11.4. The van der Waals surface area contributed by atoms with Crippen LogP contribution in [0.25, 0.3) is 21.7 Å². The van der Waals surface area contributed by atoms with Crippen LogP contribution in [0.2, 0.25) is 0 Å². The number of aliphatic hydroxyl groups is 1. The fourth-order valence-corrected chi connectivity index (χ4v) is 15.4. The molecule has 1 aromatic heterocycles. The predicted octanol–water partition coefficient (Wildman–Crippen LogP) is 6.16. The number of nitrogens with two attached hydrogens (primary N) is 1. The van der Waals surface area contributed by atoms with Gasteiger partial charge in [-0.2, -0.15) is 0 Å². The molecular weight excluding hydrogens is 913 g/mol. The van der Waals surface area contributed by atoms with Crippen molar-refractivity contribution in [2.24, 2.45) is 11.3 Å². The normalized spacial score (nSPS) is 32.3. The Morgan fingerprint density at radius 1 is 0.889 bits per heavy atom. The Hall–Kier alpha value is -6.42. The van der Waals surface area contributed by atoms with Gasteiger partial charge in [0.2, 0.25) is 5.60 Å². The van der Waals surface area contributed by atoms with Crippen molar-refractivity contribution in [2.75, 3.05) is 71.7 Å². The molecular formula is C57H66N6O9. The zero-order chi connectivity index (χ0) is 50.7. The maximum atomic E-state index is 15.8. The van der Waals surface area contributed by atoms with E-state index in [0.29, 0.717) is 93.8 Å². The van der Waals surface area contributed by atoms with E-state index in [9.17, 15) is 19.5 Å². The number of aromatic amines is 1. The van der Waals surface area contributed by atoms with Gasteiger partial charge >= 0.3 is 17.9 Å². The number of likely N-dealkylation sites (N-methyl/N-ethyl adjacent to an activating group) is 1. The van der Waals surface area contributed by atoms with Crippen LogP contribution in [0.15, 0.2) is 84.9 Å². The number of carbonyl (C=O) groups is 4. The standard InChI is InChI=1S/C57H66N6O9/c1-8-53(60-47(65)37-16-15-36-26-38(58)18-17-35(36)25-37)29-34-30-56(51(66)70-6,46-40(19-23-62(31-34)32-53)39-13-10-11-14-43(39)59-46)42-27-41-44(28-45(42)69-5)61(4)49-55(41)21-24-63-22-12-20-54(9-2,48(55)63)50(72-33(3)64)57(49,68)52(67)71-7/h10-18,20,25-28,34,48-50,59,68H,8-9,19,21-24,29-32,58H2,1-7H3,(H,60,65)/t34-,48+,49-,50-,53+,54-,55-,56+,57+/m1/s1. The van der Waals surface area contributed by atoms with Gasteiger partial charge < -0.3 is 49.9 Å². The fraction of sp³-hybridized carbons (Fsp3) is 0.474. The zero-order valence-corrected chi connectivity index (χ0v) is 42.3. The van der Waals surface area contributed by atoms with Crippen LogP contribution in [0.3, 0.4) is 0 Å². The number of methoxy groups -OCH3 is 3. The van der Waals surface area contributed by atoms with Crippen LogP contribution in [0.1, 0.15) is 85.6 Å². The summed E-state index contributed by atoms with van der Waals surface area (Å²) in [5.74, 6) is -1.85. The molecule has 72 heavy (non-hydrogen) atoms. The summed E-state index contributed by atoms with van der Waals surface area (Å²) in [5, 5.41) is 19.9. The molecule has 10 atom stereocenters. The summed E-state index contributed by atoms with van der Waals surface area (Å²) in [5.41, 5.74) is 5.63. The molecule has 1 amide bonds. The third-order valence-corrected chi connectivity index (χ3v) is 18.1. The molecule has 0 radical (unpaired) electrons. The van der Waals surface area contributed by atoms with Gasteiger partial charge in [-0.05, 0) is 109 Å². The lowest BCUT2D eigenvalue weighted by molar-refractivity contribution is -0.228. The van der Waals surface area contributed by atoms with Crippen molar-refractivity contribution in [3.05, 3.63) is 113 Å². The highest BCUT2D eigenvalue weighted by atomic mass is 16.6. The fourth-order valence-electron chi connectivity index (χ4n) is 15.4. The average Bonchev–Trinajstić information content (AvgIpc) is 4.05. The monoisotopic (exact) mass is 978 g/mol. The number of benzene rings is 4. The molecule has 5 N–H and O–H groups in total. The van der Waals surface area contributed by atoms with E-state index in [-0.39, 0.29) is 17.9 Å². The van der Waals surface area contributed by atoms with Crippen LogP contribution in [-0.4, -0.2) is 134 Å². The van der Waals surface area contributed by atoms with Crippen molar-refractivity contribution in [1.82, 2.24) is 20.1 Å². The number of anilines is 2. The number of rotatable bonds is 9. The highest BCUT2D eigenvalue weighted by molar-refractivity contribution is 6.00. The minimum Gasteiger partial charge on any atom is -0.496 e. The van der Waals surface area contributed by atoms with E-state index >= 15 is 4.79 Å². The Morgan fingerprint density at radius 2 is 1.65 bits per heavy atom. The van der Waals surface area contributed by atoms with Crippen LogP contribution in [-0.2, 0) is 45.8 Å². The van der Waals surface area contributed by atoms with Crippen LogP contribution >= 0.6 is 0 Å². The highest BCUT2D eigenvalue weighted by Crippen LogP contribution is 2.68. The molecule has 15 heteroatoms. The molecule has 1 unspecified atom stereocenters. The van der Waals surface area contributed by atoms with Gasteiger partial charge in [0.05, 0.1) is 32.9 Å². The number of H-pyrrole nitrogens is 1. The number of carbonyl (C=O) groups excluding carboxylic acids is 4. The summed E-state index contributed by atoms with van der Waals surface area (Å²) in [4.78, 5) is 68.7. The van der Waals surface area contributed by atoms with Crippen molar-refractivity contribution >= 4 is 56.9 Å². The van der Waals surface area contributed by atoms with E-state index in [1.807, 2.05) is 79.5 Å². The lowest BCUT2D eigenvalue weighted by Crippen LogP contribution is -2.81. The minimum atomic E-state index is -2.34. The molecule has 1 saturated carbocycles. The van der Waals surface area contributed by atoms with Crippen molar-refractivity contribution < 1.29 is 43.2 Å². The van der Waals surface area contributed by atoms with Crippen molar-refractivity contribution in [3.63, 3.8) is 0 Å². The second-order valence-electron chi connectivity index (χ2n) is 21.5. The first-order valence-corrected chi connectivity index (χ1v) is 25.5. The molecule has 2 saturated heterocycles. The molecule has 2 bridgehead atoms. The SMILES string of the molecule is CC[C@]1(NC(=O)c2ccc3cc(N)ccc3c2)C[C@H]2CN(CCc3c([nH]c4ccccc34)[C@@](C(=O)OC)(c3cc4c(cc3OC)N(C)[C@H]3[C@@](O)(C(=O)OC)[C@H](OC(C)=O)[C@]5(CC)C=CCN6CC[C@]43[C@@H]65)C2)C1. The Morgan fingerprint density at radius 3 is 2.39 bits per heavy atom. The maximum absolute atomic E-state index is 15.8. The zero-order valence-electron chi connectivity index (χ0n) is 42.3. The molecule has 1 aliphatic carbocycles. The van der Waals surface area contributed by atoms with Gasteiger partial charge in [0.1, 0.15) is 11.2 Å². The lowest BCUT2D eigenvalue weighted by Gasteiger charge is -2.63. The topological polar surface area (TPSA) is 189 Å². The predicted molar refractivity (Wildman–Crippen MR) is 274 cm³/mol. The smallest absolute Gasteiger partial charge is 0.344 e. The third-order valence-electron chi connectivity index (χ3n) is 18.1. The average molecular weight is 979 g/mol. The van der Waals surface area contributed by atoms with Crippen LogP contribution in [0, 0.1) is 11.3 Å². The lowest BCUT2D eigenvalue weighted by atomic mass is 9.47. The summed E-state index contributed by atoms with van der Waals surface area (Å²) in [6.07, 6.45) is 5.92. The number of hydrogen-bond donors (Lipinski definition) is 4. The molecule has 1 spiro atoms. The summed E-state index contributed by atoms with van der Waals surface area (Å²) in [7, 11) is 6.16. The Labute approximate surface area is 420 Å². The van der Waals surface area contributed by atoms with Gasteiger partial charge in [0, 0.05) is 102 Å². The Balaban J connectivity index is 1.12. The first kappa shape index (κ1) is 47.9. The van der Waals surface area contributed by atoms with E-state index in [0.717, 1.165) is 44.2 Å². The summed E-state index contributed by atoms with van der Waals surface area (Å²) in [6, 6.07) is 22.3. The summed E-state index contributed by atoms with van der Waals surface area (Å²) in [6.45, 7) is 8.67.